The van der Waals surface area contributed by atoms with Gasteiger partial charge in [-0.05, 0) is 101 Å². The van der Waals surface area contributed by atoms with Crippen LogP contribution in [0, 0.1) is 12.7 Å². The second kappa shape index (κ2) is 11.0. The molecule has 1 amide bonds. The highest BCUT2D eigenvalue weighted by molar-refractivity contribution is 9.10. The molecule has 0 saturated carbocycles. The molecule has 0 unspecified atom stereocenters. The van der Waals surface area contributed by atoms with Gasteiger partial charge in [-0.2, -0.15) is 0 Å². The maximum absolute atomic E-state index is 13.7. The van der Waals surface area contributed by atoms with Gasteiger partial charge in [-0.3, -0.25) is 9.78 Å². The Kier molecular flexibility index (Phi) is 7.55. The number of halogens is 2. The number of aromatic nitrogens is 1. The van der Waals surface area contributed by atoms with Crippen molar-refractivity contribution in [3.05, 3.63) is 100 Å². The lowest BCUT2D eigenvalue weighted by Gasteiger charge is -2.27. The zero-order valence-electron chi connectivity index (χ0n) is 20.6. The molecule has 4 aromatic rings. The van der Waals surface area contributed by atoms with Crippen LogP contribution in [0.15, 0.2) is 81.8 Å². The maximum atomic E-state index is 13.7. The summed E-state index contributed by atoms with van der Waals surface area (Å²) in [6.07, 6.45) is 1.74. The summed E-state index contributed by atoms with van der Waals surface area (Å²) in [6.45, 7) is 1.89. The minimum atomic E-state index is -0.362. The van der Waals surface area contributed by atoms with Gasteiger partial charge in [-0.1, -0.05) is 6.07 Å². The second-order valence-corrected chi connectivity index (χ2v) is 10.0. The van der Waals surface area contributed by atoms with Gasteiger partial charge in [0.25, 0.3) is 0 Å². The smallest absolute Gasteiger partial charge is 0.250 e. The van der Waals surface area contributed by atoms with Crippen molar-refractivity contribution in [2.45, 2.75) is 19.0 Å². The molecule has 1 aliphatic rings. The number of hydrogen-bond donors (Lipinski definition) is 2. The van der Waals surface area contributed by atoms with Crippen LogP contribution in [0.25, 0.3) is 11.3 Å². The molecule has 0 bridgehead atoms. The lowest BCUT2D eigenvalue weighted by Crippen LogP contribution is -2.29. The summed E-state index contributed by atoms with van der Waals surface area (Å²) in [5, 5.41) is 6.78. The number of benzene rings is 2. The predicted octanol–water partition coefficient (Wildman–Crippen LogP) is 6.31. The van der Waals surface area contributed by atoms with E-state index in [4.69, 9.17) is 21.4 Å². The van der Waals surface area contributed by atoms with Gasteiger partial charge in [-0.15, -0.1) is 0 Å². The quantitative estimate of drug-likeness (QED) is 0.243. The van der Waals surface area contributed by atoms with Crippen LogP contribution in [0.3, 0.4) is 0 Å². The Balaban J connectivity index is 1.55. The van der Waals surface area contributed by atoms with Crippen LogP contribution in [0.1, 0.15) is 29.1 Å². The van der Waals surface area contributed by atoms with Crippen LogP contribution in [0.2, 0.25) is 0 Å². The van der Waals surface area contributed by atoms with Gasteiger partial charge in [0.15, 0.2) is 5.11 Å². The summed E-state index contributed by atoms with van der Waals surface area (Å²) in [7, 11) is 1.48. The Hall–Kier alpha value is -3.60. The molecule has 5 rings (SSSR count). The molecule has 0 aliphatic carbocycles. The highest BCUT2D eigenvalue weighted by atomic mass is 79.9. The Morgan fingerprint density at radius 2 is 2.05 bits per heavy atom. The number of aryl methyl sites for hydroxylation is 1. The number of nitrogens with one attached hydrogen (secondary N) is 2. The van der Waals surface area contributed by atoms with E-state index in [9.17, 15) is 9.18 Å². The van der Waals surface area contributed by atoms with Crippen molar-refractivity contribution < 1.29 is 18.3 Å². The zero-order valence-corrected chi connectivity index (χ0v) is 23.0. The number of ether oxygens (including phenoxy) is 1. The summed E-state index contributed by atoms with van der Waals surface area (Å²) in [5.74, 6) is 0.687. The number of rotatable bonds is 7. The van der Waals surface area contributed by atoms with Gasteiger partial charge < -0.3 is 24.7 Å². The van der Waals surface area contributed by atoms with Crippen molar-refractivity contribution in [3.63, 3.8) is 0 Å². The van der Waals surface area contributed by atoms with Gasteiger partial charge >= 0.3 is 0 Å². The number of thiocarbonyl (C=S) groups is 1. The first kappa shape index (κ1) is 26.0. The van der Waals surface area contributed by atoms with Crippen LogP contribution >= 0.6 is 28.1 Å². The molecule has 10 heteroatoms. The van der Waals surface area contributed by atoms with Crippen molar-refractivity contribution in [2.75, 3.05) is 23.9 Å². The van der Waals surface area contributed by atoms with E-state index in [1.165, 1.54) is 19.2 Å². The van der Waals surface area contributed by atoms with E-state index in [0.717, 1.165) is 22.5 Å². The van der Waals surface area contributed by atoms with Crippen LogP contribution in [0.5, 0.6) is 0 Å². The zero-order chi connectivity index (χ0) is 26.8. The summed E-state index contributed by atoms with van der Waals surface area (Å²) < 4.78 is 25.6. The molecule has 2 atom stereocenters. The van der Waals surface area contributed by atoms with Crippen LogP contribution in [-0.4, -0.2) is 29.7 Å². The van der Waals surface area contributed by atoms with Crippen molar-refractivity contribution >= 4 is 50.5 Å². The fourth-order valence-corrected chi connectivity index (χ4v) is 5.42. The lowest BCUT2D eigenvalue weighted by molar-refractivity contribution is -0.119. The fourth-order valence-electron chi connectivity index (χ4n) is 4.52. The molecule has 1 saturated heterocycles. The first-order chi connectivity index (χ1) is 18.4. The van der Waals surface area contributed by atoms with E-state index in [2.05, 4.69) is 31.5 Å². The fraction of sp³-hybridized carbons (Fsp3) is 0.179. The number of carbonyl (C=O) groups excluding carboxylic acids is 1. The van der Waals surface area contributed by atoms with Crippen LogP contribution in [0.4, 0.5) is 15.8 Å². The molecule has 1 aliphatic heterocycles. The Morgan fingerprint density at radius 1 is 1.21 bits per heavy atom. The average Bonchev–Trinajstić information content (AvgIpc) is 3.50. The number of hydrogen-bond acceptors (Lipinski definition) is 5. The van der Waals surface area contributed by atoms with Gasteiger partial charge in [0.05, 0.1) is 11.7 Å². The SMILES string of the molecule is COCC(=O)Nc1ccc(N2C(=S)N[C@H](c3ccccn3)[C@H]2c2ccc(-c3ccc(F)cc3Br)o2)cc1C. The van der Waals surface area contributed by atoms with Gasteiger partial charge in [0.2, 0.25) is 5.91 Å². The van der Waals surface area contributed by atoms with Crippen LogP contribution in [-0.2, 0) is 9.53 Å². The minimum Gasteiger partial charge on any atom is -0.459 e. The number of methoxy groups -OCH3 is 1. The normalized spacial score (nSPS) is 16.9. The van der Waals surface area contributed by atoms with E-state index in [-0.39, 0.29) is 30.4 Å². The highest BCUT2D eigenvalue weighted by Gasteiger charge is 2.42. The Morgan fingerprint density at radius 3 is 2.76 bits per heavy atom. The molecule has 2 aromatic heterocycles. The Bertz CT molecular complexity index is 1500. The van der Waals surface area contributed by atoms with Gasteiger partial charge in [0.1, 0.15) is 30.0 Å². The second-order valence-electron chi connectivity index (χ2n) is 8.80. The Labute approximate surface area is 233 Å². The molecule has 194 valence electrons. The third-order valence-corrected chi connectivity index (χ3v) is 7.22. The number of anilines is 2. The third kappa shape index (κ3) is 5.20. The topological polar surface area (TPSA) is 79.6 Å². The van der Waals surface area contributed by atoms with E-state index in [0.29, 0.717) is 26.8 Å². The number of pyridine rings is 1. The van der Waals surface area contributed by atoms with Crippen molar-refractivity contribution in [1.29, 1.82) is 0 Å². The summed E-state index contributed by atoms with van der Waals surface area (Å²) in [5.41, 5.74) is 3.93. The van der Waals surface area contributed by atoms with Gasteiger partial charge in [-0.25, -0.2) is 4.39 Å². The molecular formula is C28H24BrFN4O3S. The molecule has 0 radical (unpaired) electrons. The monoisotopic (exact) mass is 594 g/mol. The number of nitrogens with zero attached hydrogens (tertiary/aromatic N) is 2. The van der Waals surface area contributed by atoms with E-state index < -0.39 is 0 Å². The van der Waals surface area contributed by atoms with Crippen molar-refractivity contribution in [3.8, 4) is 11.3 Å². The first-order valence-electron chi connectivity index (χ1n) is 11.8. The van der Waals surface area contributed by atoms with E-state index in [1.54, 1.807) is 12.3 Å². The molecule has 38 heavy (non-hydrogen) atoms. The summed E-state index contributed by atoms with van der Waals surface area (Å²) in [4.78, 5) is 18.6. The lowest BCUT2D eigenvalue weighted by atomic mass is 10.0. The molecule has 1 fully saturated rings. The molecular weight excluding hydrogens is 571 g/mol. The third-order valence-electron chi connectivity index (χ3n) is 6.25. The maximum Gasteiger partial charge on any atom is 0.250 e. The number of amides is 1. The molecule has 2 aromatic carbocycles. The number of furan rings is 1. The molecule has 3 heterocycles. The number of carbonyl (C=O) groups is 1. The molecule has 7 nitrogen and oxygen atoms in total. The first-order valence-corrected chi connectivity index (χ1v) is 13.0. The highest BCUT2D eigenvalue weighted by Crippen LogP contribution is 2.44. The van der Waals surface area contributed by atoms with Crippen molar-refractivity contribution in [1.82, 2.24) is 10.3 Å². The molecule has 2 N–H and O–H groups in total. The minimum absolute atomic E-state index is 0.0276. The van der Waals surface area contributed by atoms with Gasteiger partial charge in [0, 0.05) is 34.7 Å². The average molecular weight is 595 g/mol. The summed E-state index contributed by atoms with van der Waals surface area (Å²) in [6, 6.07) is 19.0. The van der Waals surface area contributed by atoms with Crippen LogP contribution < -0.4 is 15.5 Å². The van der Waals surface area contributed by atoms with E-state index >= 15 is 0 Å². The van der Waals surface area contributed by atoms with Crippen molar-refractivity contribution in [2.24, 2.45) is 0 Å². The predicted molar refractivity (Wildman–Crippen MR) is 151 cm³/mol. The standard InChI is InChI=1S/C28H24BrFN4O3S/c1-16-13-18(7-9-21(16)32-25(35)15-36-2)34-27(26(33-28(34)38)22-5-3-4-12-31-22)24-11-10-23(37-24)19-8-6-17(30)14-20(19)29/h3-14,26-27H,15H2,1-2H3,(H,32,35)(H,33,38)/t26-,27-/m1/s1. The molecule has 0 spiro atoms. The van der Waals surface area contributed by atoms with E-state index in [1.807, 2.05) is 60.4 Å². The summed E-state index contributed by atoms with van der Waals surface area (Å²) >= 11 is 9.24. The largest absolute Gasteiger partial charge is 0.459 e.